The van der Waals surface area contributed by atoms with Gasteiger partial charge in [-0.1, -0.05) is 42.5 Å². The molecule has 3 rings (SSSR count). The summed E-state index contributed by atoms with van der Waals surface area (Å²) in [7, 11) is 0. The predicted molar refractivity (Wildman–Crippen MR) is 108 cm³/mol. The molecule has 1 atom stereocenters. The number of nitrogens with zero attached hydrogens (tertiary/aromatic N) is 1. The van der Waals surface area contributed by atoms with Crippen LogP contribution in [0.1, 0.15) is 21.4 Å². The molecule has 3 aromatic rings. The van der Waals surface area contributed by atoms with Crippen molar-refractivity contribution in [3.05, 3.63) is 92.2 Å². The molecule has 1 heterocycles. The van der Waals surface area contributed by atoms with Crippen LogP contribution in [-0.4, -0.2) is 21.8 Å². The van der Waals surface area contributed by atoms with Crippen LogP contribution in [0.25, 0.3) is 0 Å². The maximum absolute atomic E-state index is 12.0. The van der Waals surface area contributed by atoms with Gasteiger partial charge >= 0.3 is 11.8 Å². The van der Waals surface area contributed by atoms with E-state index in [1.54, 1.807) is 12.1 Å². The average molecular weight is 411 g/mol. The monoisotopic (exact) mass is 411 g/mol. The minimum absolute atomic E-state index is 0.0537. The molecule has 2 amide bonds. The third-order valence-electron chi connectivity index (χ3n) is 4.05. The Bertz CT molecular complexity index is 1040. The summed E-state index contributed by atoms with van der Waals surface area (Å²) in [4.78, 5) is 35.9. The van der Waals surface area contributed by atoms with E-state index >= 15 is 0 Å². The highest BCUT2D eigenvalue weighted by Gasteiger charge is 2.20. The quantitative estimate of drug-likeness (QED) is 0.327. The number of hydrogen-bond acceptors (Lipinski definition) is 6. The van der Waals surface area contributed by atoms with Crippen LogP contribution in [0.15, 0.2) is 66.7 Å². The number of aliphatic hydroxyl groups is 1. The van der Waals surface area contributed by atoms with Gasteiger partial charge in [-0.25, -0.2) is 0 Å². The molecule has 0 radical (unpaired) electrons. The lowest BCUT2D eigenvalue weighted by atomic mass is 10.1. The summed E-state index contributed by atoms with van der Waals surface area (Å²) in [5, 5.41) is 26.1. The number of nitro benzene ring substituents is 1. The number of aliphatic hydroxyl groups excluding tert-OH is 1. The lowest BCUT2D eigenvalue weighted by Crippen LogP contribution is -2.34. The van der Waals surface area contributed by atoms with Crippen molar-refractivity contribution in [3.8, 4) is 0 Å². The van der Waals surface area contributed by atoms with Gasteiger partial charge in [-0.3, -0.25) is 19.7 Å². The largest absolute Gasteiger partial charge is 0.383 e. The third-order valence-corrected chi connectivity index (χ3v) is 5.18. The Morgan fingerprint density at radius 2 is 1.69 bits per heavy atom. The van der Waals surface area contributed by atoms with Crippen molar-refractivity contribution < 1.29 is 19.6 Å². The molecule has 148 valence electrons. The number of carbonyl (C=O) groups is 2. The number of thiophene rings is 1. The third kappa shape index (κ3) is 5.03. The van der Waals surface area contributed by atoms with Gasteiger partial charge in [0.1, 0.15) is 11.8 Å². The first-order valence-corrected chi connectivity index (χ1v) is 9.41. The molecule has 2 aromatic carbocycles. The summed E-state index contributed by atoms with van der Waals surface area (Å²) in [5.74, 6) is -1.91. The van der Waals surface area contributed by atoms with Crippen molar-refractivity contribution in [2.75, 3.05) is 5.32 Å². The van der Waals surface area contributed by atoms with Gasteiger partial charge in [0.2, 0.25) is 0 Å². The summed E-state index contributed by atoms with van der Waals surface area (Å²) in [5.41, 5.74) is 0.405. The summed E-state index contributed by atoms with van der Waals surface area (Å²) < 4.78 is 0. The minimum atomic E-state index is -1.000. The molecule has 29 heavy (non-hydrogen) atoms. The topological polar surface area (TPSA) is 122 Å². The number of nitrogens with one attached hydrogen (secondary N) is 2. The molecule has 0 fully saturated rings. The van der Waals surface area contributed by atoms with Crippen molar-refractivity contribution in [2.24, 2.45) is 0 Å². The fraction of sp³-hybridized carbons (Fsp3) is 0.100. The minimum Gasteiger partial charge on any atom is -0.383 e. The van der Waals surface area contributed by atoms with Gasteiger partial charge in [0, 0.05) is 15.8 Å². The molecule has 0 bridgehead atoms. The lowest BCUT2D eigenvalue weighted by Gasteiger charge is -2.08. The number of amides is 2. The highest BCUT2D eigenvalue weighted by Crippen LogP contribution is 2.28. The summed E-state index contributed by atoms with van der Waals surface area (Å²) in [6.45, 7) is 0.0926. The Labute approximate surface area is 170 Å². The molecule has 0 aliphatic rings. The Balaban J connectivity index is 1.58. The molecule has 3 N–H and O–H groups in total. The van der Waals surface area contributed by atoms with E-state index in [0.29, 0.717) is 4.88 Å². The molecule has 0 saturated heterocycles. The fourth-order valence-electron chi connectivity index (χ4n) is 2.60. The predicted octanol–water partition coefficient (Wildman–Crippen LogP) is 2.99. The number of rotatable bonds is 6. The van der Waals surface area contributed by atoms with Gasteiger partial charge in [0.15, 0.2) is 0 Å². The van der Waals surface area contributed by atoms with E-state index in [-0.39, 0.29) is 17.9 Å². The second-order valence-electron chi connectivity index (χ2n) is 6.03. The Hall–Kier alpha value is -3.56. The van der Waals surface area contributed by atoms with E-state index < -0.39 is 22.8 Å². The van der Waals surface area contributed by atoms with E-state index in [2.05, 4.69) is 10.6 Å². The Morgan fingerprint density at radius 3 is 2.41 bits per heavy atom. The second kappa shape index (κ2) is 9.09. The van der Waals surface area contributed by atoms with Crippen molar-refractivity contribution in [2.45, 2.75) is 12.6 Å². The molecule has 0 aliphatic carbocycles. The average Bonchev–Trinajstić information content (AvgIpc) is 3.21. The Kier molecular flexibility index (Phi) is 6.32. The van der Waals surface area contributed by atoms with Crippen LogP contribution in [-0.2, 0) is 16.1 Å². The van der Waals surface area contributed by atoms with E-state index in [4.69, 9.17) is 0 Å². The van der Waals surface area contributed by atoms with Gasteiger partial charge in [-0.2, -0.15) is 0 Å². The number of benzene rings is 2. The maximum Gasteiger partial charge on any atom is 0.313 e. The van der Waals surface area contributed by atoms with Crippen molar-refractivity contribution in [1.82, 2.24) is 5.32 Å². The van der Waals surface area contributed by atoms with E-state index in [9.17, 15) is 24.8 Å². The molecule has 0 saturated carbocycles. The molecular formula is C20H17N3O5S. The van der Waals surface area contributed by atoms with Crippen LogP contribution in [0.2, 0.25) is 0 Å². The van der Waals surface area contributed by atoms with Crippen molar-refractivity contribution in [3.63, 3.8) is 0 Å². The van der Waals surface area contributed by atoms with Crippen LogP contribution in [0, 0.1) is 10.1 Å². The normalized spacial score (nSPS) is 11.5. The highest BCUT2D eigenvalue weighted by atomic mass is 32.1. The Morgan fingerprint density at radius 1 is 1.00 bits per heavy atom. The van der Waals surface area contributed by atoms with Crippen molar-refractivity contribution in [1.29, 1.82) is 0 Å². The molecule has 0 aliphatic heterocycles. The molecule has 0 spiro atoms. The van der Waals surface area contributed by atoms with E-state index in [1.165, 1.54) is 35.6 Å². The zero-order valence-corrected chi connectivity index (χ0v) is 15.9. The summed E-state index contributed by atoms with van der Waals surface area (Å²) >= 11 is 1.31. The second-order valence-corrected chi connectivity index (χ2v) is 7.23. The van der Waals surface area contributed by atoms with Crippen LogP contribution in [0.4, 0.5) is 11.4 Å². The molecule has 1 aromatic heterocycles. The molecule has 8 nitrogen and oxygen atoms in total. The van der Waals surface area contributed by atoms with Crippen LogP contribution in [0.3, 0.4) is 0 Å². The number of carbonyl (C=O) groups excluding carboxylic acids is 2. The SMILES string of the molecule is O=C(NCc1ccc(C(O)c2ccccc2)s1)C(=O)Nc1ccccc1[N+](=O)[O-]. The van der Waals surface area contributed by atoms with Gasteiger partial charge in [-0.05, 0) is 23.8 Å². The molecule has 1 unspecified atom stereocenters. The van der Waals surface area contributed by atoms with Gasteiger partial charge in [-0.15, -0.1) is 11.3 Å². The maximum atomic E-state index is 12.0. The van der Waals surface area contributed by atoms with Gasteiger partial charge in [0.05, 0.1) is 11.5 Å². The van der Waals surface area contributed by atoms with Crippen LogP contribution >= 0.6 is 11.3 Å². The number of para-hydroxylation sites is 2. The van der Waals surface area contributed by atoms with Gasteiger partial charge < -0.3 is 15.7 Å². The first kappa shape index (κ1) is 20.2. The fourth-order valence-corrected chi connectivity index (χ4v) is 3.57. The zero-order valence-electron chi connectivity index (χ0n) is 15.1. The smallest absolute Gasteiger partial charge is 0.313 e. The summed E-state index contributed by atoms with van der Waals surface area (Å²) in [6.07, 6.45) is -0.771. The van der Waals surface area contributed by atoms with Crippen LogP contribution in [0.5, 0.6) is 0 Å². The zero-order chi connectivity index (χ0) is 20.8. The number of nitro groups is 1. The number of anilines is 1. The first-order valence-electron chi connectivity index (χ1n) is 8.60. The van der Waals surface area contributed by atoms with E-state index in [0.717, 1.165) is 10.4 Å². The van der Waals surface area contributed by atoms with Crippen molar-refractivity contribution >= 4 is 34.5 Å². The number of hydrogen-bond donors (Lipinski definition) is 3. The highest BCUT2D eigenvalue weighted by molar-refractivity contribution is 7.12. The van der Waals surface area contributed by atoms with E-state index in [1.807, 2.05) is 30.3 Å². The van der Waals surface area contributed by atoms with Crippen LogP contribution < -0.4 is 10.6 Å². The first-order chi connectivity index (χ1) is 14.0. The molecular weight excluding hydrogens is 394 g/mol. The van der Waals surface area contributed by atoms with Gasteiger partial charge in [0.25, 0.3) is 5.69 Å². The summed E-state index contributed by atoms with van der Waals surface area (Å²) in [6, 6.07) is 18.3. The standard InChI is InChI=1S/C20H17N3O5S/c24-18(13-6-2-1-3-7-13)17-11-10-14(29-17)12-21-19(25)20(26)22-15-8-4-5-9-16(15)23(27)28/h1-11,18,24H,12H2,(H,21,25)(H,22,26). The lowest BCUT2D eigenvalue weighted by molar-refractivity contribution is -0.383. The molecule has 9 heteroatoms.